The number of aromatic nitrogens is 1. The molecule has 194 valence electrons. The van der Waals surface area contributed by atoms with Crippen LogP contribution in [0.5, 0.6) is 0 Å². The number of hydrogen-bond donors (Lipinski definition) is 1. The first-order chi connectivity index (χ1) is 19.0. The maximum atomic E-state index is 5.19. The molecule has 0 saturated heterocycles. The number of allylic oxidation sites excluding steroid dienone is 12. The second-order valence-electron chi connectivity index (χ2n) is 10.5. The highest BCUT2D eigenvalue weighted by molar-refractivity contribution is 6.24. The first-order valence-corrected chi connectivity index (χ1v) is 14.3. The first-order valence-electron chi connectivity index (χ1n) is 14.3. The average molecular weight is 510 g/mol. The zero-order chi connectivity index (χ0) is 27.3. The number of nitrogens with one attached hydrogen (secondary N) is 1. The third-order valence-electron chi connectivity index (χ3n) is 8.39. The van der Waals surface area contributed by atoms with Gasteiger partial charge in [0.25, 0.3) is 0 Å². The lowest BCUT2D eigenvalue weighted by atomic mass is 9.97. The SMILES string of the molecule is CCC1=C(C)C2=CC3=C=C(C=C4N=C(C=c5[nH]c(c(CC)c5CC)=CC1=N2)C(CC)=C4C)C1=CC=CC=C=C31. The molecule has 0 spiro atoms. The van der Waals surface area contributed by atoms with E-state index >= 15 is 0 Å². The highest BCUT2D eigenvalue weighted by atomic mass is 14.8. The molecule has 0 fully saturated rings. The van der Waals surface area contributed by atoms with Crippen molar-refractivity contribution in [2.24, 2.45) is 9.98 Å². The van der Waals surface area contributed by atoms with Gasteiger partial charge < -0.3 is 4.98 Å². The van der Waals surface area contributed by atoms with Crippen LogP contribution in [-0.2, 0) is 12.8 Å². The molecule has 0 aromatic carbocycles. The second kappa shape index (κ2) is 9.86. The third-order valence-corrected chi connectivity index (χ3v) is 8.39. The van der Waals surface area contributed by atoms with Crippen molar-refractivity contribution < 1.29 is 0 Å². The van der Waals surface area contributed by atoms with E-state index in [1.165, 1.54) is 33.4 Å². The molecule has 1 N–H and O–H groups in total. The van der Waals surface area contributed by atoms with Crippen LogP contribution in [0.1, 0.15) is 65.5 Å². The normalized spacial score (nSPS) is 19.3. The van der Waals surface area contributed by atoms with Crippen molar-refractivity contribution in [3.05, 3.63) is 126 Å². The Bertz CT molecular complexity index is 1850. The molecular weight excluding hydrogens is 474 g/mol. The van der Waals surface area contributed by atoms with Crippen LogP contribution in [0, 0.1) is 0 Å². The lowest BCUT2D eigenvalue weighted by Crippen LogP contribution is -2.16. The van der Waals surface area contributed by atoms with E-state index in [0.717, 1.165) is 81.5 Å². The molecule has 8 bridgehead atoms. The molecule has 5 aliphatic rings. The van der Waals surface area contributed by atoms with E-state index in [0.29, 0.717) is 0 Å². The highest BCUT2D eigenvalue weighted by Crippen LogP contribution is 2.38. The summed E-state index contributed by atoms with van der Waals surface area (Å²) in [6, 6.07) is 0. The van der Waals surface area contributed by atoms with Crippen LogP contribution in [-0.4, -0.2) is 16.4 Å². The van der Waals surface area contributed by atoms with Crippen LogP contribution < -0.4 is 10.7 Å². The third kappa shape index (κ3) is 4.07. The van der Waals surface area contributed by atoms with Crippen LogP contribution in [0.2, 0.25) is 0 Å². The molecule has 0 unspecified atom stereocenters. The van der Waals surface area contributed by atoms with Crippen molar-refractivity contribution in [3.8, 4) is 0 Å². The Labute approximate surface area is 231 Å². The molecule has 3 heteroatoms. The Morgan fingerprint density at radius 3 is 1.79 bits per heavy atom. The molecule has 1 aromatic rings. The number of nitrogens with zero attached hydrogens (tertiary/aromatic N) is 2. The number of H-pyrrole nitrogens is 1. The number of aliphatic imine (C=N–C) groups is 2. The summed E-state index contributed by atoms with van der Waals surface area (Å²) < 4.78 is 0. The molecule has 39 heavy (non-hydrogen) atoms. The summed E-state index contributed by atoms with van der Waals surface area (Å²) in [6.45, 7) is 13.3. The molecule has 4 heterocycles. The van der Waals surface area contributed by atoms with Crippen molar-refractivity contribution in [3.63, 3.8) is 0 Å². The Balaban J connectivity index is 1.72. The molecule has 0 radical (unpaired) electrons. The Kier molecular flexibility index (Phi) is 6.35. The molecular formula is C36H35N3. The lowest BCUT2D eigenvalue weighted by Gasteiger charge is -2.05. The van der Waals surface area contributed by atoms with Gasteiger partial charge in [-0.15, -0.1) is 11.5 Å². The summed E-state index contributed by atoms with van der Waals surface area (Å²) in [7, 11) is 0. The van der Waals surface area contributed by atoms with Gasteiger partial charge in [0, 0.05) is 33.0 Å². The van der Waals surface area contributed by atoms with E-state index < -0.39 is 0 Å². The van der Waals surface area contributed by atoms with E-state index in [1.54, 1.807) is 0 Å². The zero-order valence-corrected chi connectivity index (χ0v) is 23.8. The molecule has 2 aliphatic carbocycles. The van der Waals surface area contributed by atoms with Gasteiger partial charge in [0.05, 0.1) is 22.8 Å². The maximum absolute atomic E-state index is 5.19. The van der Waals surface area contributed by atoms with E-state index in [9.17, 15) is 0 Å². The molecule has 0 amide bonds. The number of fused-ring (bicyclic) bond motifs is 7. The Hall–Kier alpha value is -4.16. The summed E-state index contributed by atoms with van der Waals surface area (Å²) in [6.07, 6.45) is 21.0. The van der Waals surface area contributed by atoms with Crippen LogP contribution in [0.3, 0.4) is 0 Å². The van der Waals surface area contributed by atoms with Gasteiger partial charge in [-0.2, -0.15) is 0 Å². The fourth-order valence-electron chi connectivity index (χ4n) is 6.33. The minimum atomic E-state index is 0.935. The predicted molar refractivity (Wildman–Crippen MR) is 164 cm³/mol. The topological polar surface area (TPSA) is 40.5 Å². The maximum Gasteiger partial charge on any atom is 0.0693 e. The van der Waals surface area contributed by atoms with E-state index in [4.69, 9.17) is 9.98 Å². The van der Waals surface area contributed by atoms with Crippen molar-refractivity contribution in [1.29, 1.82) is 0 Å². The smallest absolute Gasteiger partial charge is 0.0693 e. The summed E-state index contributed by atoms with van der Waals surface area (Å²) in [5.74, 6) is 0. The molecule has 0 atom stereocenters. The standard InChI is InChI=1S/C36H35N3/c1-7-25-21(5)31-17-23-16-24(30-15-13-11-12-14-29(23)30)18-32-22(6)26(8-2)34(38-32)20-36-28(10-4)27(9-3)35(39-36)19-33(25)37-31/h11-14,17-20,39H,7-10H2,1-6H3. The average Bonchev–Trinajstić information content (AvgIpc) is 3.54. The van der Waals surface area contributed by atoms with Crippen molar-refractivity contribution in [2.45, 2.75) is 67.2 Å². The van der Waals surface area contributed by atoms with Crippen LogP contribution in [0.4, 0.5) is 0 Å². The number of aromatic amines is 1. The van der Waals surface area contributed by atoms with E-state index in [1.807, 2.05) is 12.2 Å². The van der Waals surface area contributed by atoms with Gasteiger partial charge in [-0.05, 0) is 103 Å². The summed E-state index contributed by atoms with van der Waals surface area (Å²) in [5.41, 5.74) is 23.4. The van der Waals surface area contributed by atoms with E-state index in [-0.39, 0.29) is 0 Å². The van der Waals surface area contributed by atoms with Crippen LogP contribution >= 0.6 is 0 Å². The van der Waals surface area contributed by atoms with Crippen molar-refractivity contribution >= 4 is 23.6 Å². The highest BCUT2D eigenvalue weighted by Gasteiger charge is 2.25. The quantitative estimate of drug-likeness (QED) is 0.430. The fourth-order valence-corrected chi connectivity index (χ4v) is 6.33. The monoisotopic (exact) mass is 509 g/mol. The number of rotatable bonds is 4. The zero-order valence-electron chi connectivity index (χ0n) is 23.8. The first kappa shape index (κ1) is 25.1. The Morgan fingerprint density at radius 1 is 0.692 bits per heavy atom. The summed E-state index contributed by atoms with van der Waals surface area (Å²) in [4.78, 5) is 14.2. The van der Waals surface area contributed by atoms with Gasteiger partial charge in [-0.3, -0.25) is 0 Å². The van der Waals surface area contributed by atoms with Gasteiger partial charge in [0.15, 0.2) is 0 Å². The molecule has 6 rings (SSSR count). The minimum absolute atomic E-state index is 0.935. The molecule has 3 nitrogen and oxygen atoms in total. The summed E-state index contributed by atoms with van der Waals surface area (Å²) in [5, 5.41) is 2.32. The summed E-state index contributed by atoms with van der Waals surface area (Å²) >= 11 is 0. The van der Waals surface area contributed by atoms with Crippen LogP contribution in [0.15, 0.2) is 114 Å². The molecule has 1 aromatic heterocycles. The van der Waals surface area contributed by atoms with Crippen molar-refractivity contribution in [1.82, 2.24) is 4.98 Å². The van der Waals surface area contributed by atoms with Crippen molar-refractivity contribution in [2.75, 3.05) is 0 Å². The lowest BCUT2D eigenvalue weighted by molar-refractivity contribution is 1.04. The molecule has 0 saturated carbocycles. The predicted octanol–water partition coefficient (Wildman–Crippen LogP) is 6.89. The minimum Gasteiger partial charge on any atom is -0.355 e. The van der Waals surface area contributed by atoms with E-state index in [2.05, 4.69) is 94.4 Å². The van der Waals surface area contributed by atoms with Gasteiger partial charge in [-0.1, -0.05) is 45.9 Å². The van der Waals surface area contributed by atoms with Gasteiger partial charge >= 0.3 is 0 Å². The Morgan fingerprint density at radius 2 is 1.26 bits per heavy atom. The largest absolute Gasteiger partial charge is 0.355 e. The van der Waals surface area contributed by atoms with Gasteiger partial charge in [-0.25, -0.2) is 9.98 Å². The molecule has 3 aliphatic heterocycles. The van der Waals surface area contributed by atoms with Gasteiger partial charge in [0.2, 0.25) is 0 Å². The van der Waals surface area contributed by atoms with Gasteiger partial charge in [0.1, 0.15) is 0 Å². The second-order valence-corrected chi connectivity index (χ2v) is 10.5. The van der Waals surface area contributed by atoms with Crippen LogP contribution in [0.25, 0.3) is 12.2 Å². The number of hydrogen-bond acceptors (Lipinski definition) is 2. The fraction of sp³-hybridized carbons (Fsp3) is 0.278.